The first-order valence-corrected chi connectivity index (χ1v) is 8.81. The normalized spacial score (nSPS) is 12.7. The van der Waals surface area contributed by atoms with Gasteiger partial charge in [0.1, 0.15) is 17.1 Å². The zero-order chi connectivity index (χ0) is 19.3. The highest BCUT2D eigenvalue weighted by Crippen LogP contribution is 2.20. The summed E-state index contributed by atoms with van der Waals surface area (Å²) < 4.78 is 18.4. The summed E-state index contributed by atoms with van der Waals surface area (Å²) in [7, 11) is 1.72. The fraction of sp³-hybridized carbons (Fsp3) is 0.526. The van der Waals surface area contributed by atoms with Crippen LogP contribution in [0.5, 0.6) is 0 Å². The van der Waals surface area contributed by atoms with Crippen LogP contribution in [-0.4, -0.2) is 45.2 Å². The van der Waals surface area contributed by atoms with E-state index >= 15 is 0 Å². The van der Waals surface area contributed by atoms with Crippen LogP contribution >= 0.6 is 0 Å². The number of amides is 1. The summed E-state index contributed by atoms with van der Waals surface area (Å²) in [5.41, 5.74) is 1.01. The van der Waals surface area contributed by atoms with Crippen molar-refractivity contribution in [2.24, 2.45) is 0 Å². The molecular weight excluding hydrogens is 335 g/mol. The van der Waals surface area contributed by atoms with E-state index in [1.165, 1.54) is 12.1 Å². The molecule has 1 unspecified atom stereocenters. The van der Waals surface area contributed by atoms with E-state index in [4.69, 9.17) is 4.74 Å². The number of ether oxygens (including phenoxy) is 1. The van der Waals surface area contributed by atoms with E-state index in [0.29, 0.717) is 18.7 Å². The average molecular weight is 362 g/mol. The van der Waals surface area contributed by atoms with Gasteiger partial charge in [-0.15, -0.1) is 0 Å². The van der Waals surface area contributed by atoms with Crippen LogP contribution in [0, 0.1) is 5.82 Å². The summed E-state index contributed by atoms with van der Waals surface area (Å²) in [6, 6.07) is 6.24. The molecule has 0 N–H and O–H groups in total. The van der Waals surface area contributed by atoms with E-state index in [0.717, 1.165) is 12.0 Å². The molecular formula is C19H27FN4O2. The van der Waals surface area contributed by atoms with Gasteiger partial charge in [-0.05, 0) is 57.9 Å². The van der Waals surface area contributed by atoms with Crippen LogP contribution < -0.4 is 0 Å². The average Bonchev–Trinajstić information content (AvgIpc) is 3.04. The third-order valence-corrected chi connectivity index (χ3v) is 3.95. The zero-order valence-corrected chi connectivity index (χ0v) is 16.1. The molecule has 1 aromatic heterocycles. The minimum atomic E-state index is -0.511. The van der Waals surface area contributed by atoms with E-state index in [9.17, 15) is 9.18 Å². The van der Waals surface area contributed by atoms with Gasteiger partial charge >= 0.3 is 6.09 Å². The fourth-order valence-corrected chi connectivity index (χ4v) is 2.46. The van der Waals surface area contributed by atoms with E-state index in [-0.39, 0.29) is 18.0 Å². The number of carbonyl (C=O) groups excluding carboxylic acids is 1. The number of aromatic nitrogens is 3. The molecule has 0 spiro atoms. The summed E-state index contributed by atoms with van der Waals surface area (Å²) in [6.45, 7) is 8.13. The quantitative estimate of drug-likeness (QED) is 0.769. The van der Waals surface area contributed by atoms with Crippen LogP contribution in [0.15, 0.2) is 30.5 Å². The maximum absolute atomic E-state index is 13.1. The van der Waals surface area contributed by atoms with Crippen LogP contribution in [0.25, 0.3) is 11.3 Å². The Balaban J connectivity index is 1.98. The summed E-state index contributed by atoms with van der Waals surface area (Å²) in [6.07, 6.45) is 2.88. The standard InChI is InChI=1S/C19H27FN4O2/c1-6-16(11-12-23(5)18(25)26-19(2,3)4)24-21-13-17(22-24)14-7-9-15(20)10-8-14/h7-10,13,16H,6,11-12H2,1-5H3. The second-order valence-corrected chi connectivity index (χ2v) is 7.31. The van der Waals surface area contributed by atoms with Crippen molar-refractivity contribution >= 4 is 6.09 Å². The molecule has 2 aromatic rings. The van der Waals surface area contributed by atoms with Gasteiger partial charge in [-0.1, -0.05) is 6.92 Å². The molecule has 0 aliphatic carbocycles. The Kier molecular flexibility index (Phi) is 6.34. The van der Waals surface area contributed by atoms with Gasteiger partial charge in [0.15, 0.2) is 0 Å². The summed E-state index contributed by atoms with van der Waals surface area (Å²) in [5.74, 6) is -0.280. The second kappa shape index (κ2) is 8.29. The molecule has 1 amide bonds. The minimum absolute atomic E-state index is 0.0640. The van der Waals surface area contributed by atoms with Crippen molar-refractivity contribution in [1.82, 2.24) is 19.9 Å². The van der Waals surface area contributed by atoms with Gasteiger partial charge in [0.05, 0.1) is 12.2 Å². The highest BCUT2D eigenvalue weighted by molar-refractivity contribution is 5.67. The van der Waals surface area contributed by atoms with Gasteiger partial charge in [-0.3, -0.25) is 0 Å². The molecule has 1 atom stereocenters. The number of benzene rings is 1. The number of hydrogen-bond donors (Lipinski definition) is 0. The predicted molar refractivity (Wildman–Crippen MR) is 98.2 cm³/mol. The predicted octanol–water partition coefficient (Wildman–Crippen LogP) is 4.29. The lowest BCUT2D eigenvalue weighted by Crippen LogP contribution is -2.35. The number of rotatable bonds is 6. The van der Waals surface area contributed by atoms with Gasteiger partial charge in [-0.25, -0.2) is 9.18 Å². The van der Waals surface area contributed by atoms with Crippen molar-refractivity contribution in [3.05, 3.63) is 36.3 Å². The van der Waals surface area contributed by atoms with Crippen LogP contribution in [0.3, 0.4) is 0 Å². The molecule has 0 aliphatic heterocycles. The highest BCUT2D eigenvalue weighted by Gasteiger charge is 2.21. The molecule has 0 radical (unpaired) electrons. The Labute approximate surface area is 153 Å². The first kappa shape index (κ1) is 19.9. The Morgan fingerprint density at radius 2 is 1.96 bits per heavy atom. The second-order valence-electron chi connectivity index (χ2n) is 7.31. The van der Waals surface area contributed by atoms with E-state index < -0.39 is 5.60 Å². The molecule has 0 fully saturated rings. The highest BCUT2D eigenvalue weighted by atomic mass is 19.1. The molecule has 26 heavy (non-hydrogen) atoms. The van der Waals surface area contributed by atoms with Gasteiger partial charge in [0.2, 0.25) is 0 Å². The number of nitrogens with zero attached hydrogens (tertiary/aromatic N) is 4. The van der Waals surface area contributed by atoms with Crippen LogP contribution in [0.1, 0.15) is 46.6 Å². The first-order valence-electron chi connectivity index (χ1n) is 8.81. The Bertz CT molecular complexity index is 722. The van der Waals surface area contributed by atoms with Gasteiger partial charge < -0.3 is 9.64 Å². The maximum atomic E-state index is 13.1. The first-order chi connectivity index (χ1) is 12.2. The number of hydrogen-bond acceptors (Lipinski definition) is 4. The SMILES string of the molecule is CCC(CCN(C)C(=O)OC(C)(C)C)n1ncc(-c2ccc(F)cc2)n1. The van der Waals surface area contributed by atoms with Gasteiger partial charge in [-0.2, -0.15) is 15.0 Å². The van der Waals surface area contributed by atoms with E-state index in [1.807, 2.05) is 20.8 Å². The molecule has 6 nitrogen and oxygen atoms in total. The smallest absolute Gasteiger partial charge is 0.410 e. The van der Waals surface area contributed by atoms with Crippen molar-refractivity contribution in [1.29, 1.82) is 0 Å². The lowest BCUT2D eigenvalue weighted by molar-refractivity contribution is 0.0289. The molecule has 142 valence electrons. The topological polar surface area (TPSA) is 60.2 Å². The lowest BCUT2D eigenvalue weighted by atomic mass is 10.1. The summed E-state index contributed by atoms with van der Waals surface area (Å²) in [4.78, 5) is 15.3. The molecule has 2 rings (SSSR count). The Morgan fingerprint density at radius 3 is 2.54 bits per heavy atom. The molecule has 0 bridgehead atoms. The van der Waals surface area contributed by atoms with Crippen molar-refractivity contribution in [2.45, 2.75) is 52.2 Å². The summed E-state index contributed by atoms with van der Waals surface area (Å²) >= 11 is 0. The lowest BCUT2D eigenvalue weighted by Gasteiger charge is -2.25. The molecule has 1 heterocycles. The zero-order valence-electron chi connectivity index (χ0n) is 16.1. The number of halogens is 1. The Morgan fingerprint density at radius 1 is 1.31 bits per heavy atom. The van der Waals surface area contributed by atoms with Crippen molar-refractivity contribution in [2.75, 3.05) is 13.6 Å². The minimum Gasteiger partial charge on any atom is -0.444 e. The third-order valence-electron chi connectivity index (χ3n) is 3.95. The fourth-order valence-electron chi connectivity index (χ4n) is 2.46. The van der Waals surface area contributed by atoms with Crippen LogP contribution in [0.4, 0.5) is 9.18 Å². The monoisotopic (exact) mass is 362 g/mol. The van der Waals surface area contributed by atoms with Crippen molar-refractivity contribution < 1.29 is 13.9 Å². The van der Waals surface area contributed by atoms with Gasteiger partial charge in [0, 0.05) is 19.2 Å². The molecule has 7 heteroatoms. The molecule has 0 aliphatic rings. The van der Waals surface area contributed by atoms with Crippen LogP contribution in [0.2, 0.25) is 0 Å². The number of carbonyl (C=O) groups is 1. The molecule has 1 aromatic carbocycles. The van der Waals surface area contributed by atoms with Crippen molar-refractivity contribution in [3.63, 3.8) is 0 Å². The van der Waals surface area contributed by atoms with Crippen LogP contribution in [-0.2, 0) is 4.74 Å². The van der Waals surface area contributed by atoms with Gasteiger partial charge in [0.25, 0.3) is 0 Å². The van der Waals surface area contributed by atoms with E-state index in [1.54, 1.807) is 35.1 Å². The molecule has 0 saturated carbocycles. The summed E-state index contributed by atoms with van der Waals surface area (Å²) in [5, 5.41) is 8.86. The maximum Gasteiger partial charge on any atom is 0.410 e. The Hall–Kier alpha value is -2.44. The van der Waals surface area contributed by atoms with Crippen molar-refractivity contribution in [3.8, 4) is 11.3 Å². The van der Waals surface area contributed by atoms with E-state index in [2.05, 4.69) is 17.1 Å². The molecule has 0 saturated heterocycles. The third kappa shape index (κ3) is 5.54. The largest absolute Gasteiger partial charge is 0.444 e.